The Labute approximate surface area is 206 Å². The predicted molar refractivity (Wildman–Crippen MR) is 131 cm³/mol. The Morgan fingerprint density at radius 2 is 2.08 bits per heavy atom. The van der Waals surface area contributed by atoms with Gasteiger partial charge in [0.25, 0.3) is 11.8 Å². The second-order valence-corrected chi connectivity index (χ2v) is 9.23. The van der Waals surface area contributed by atoms with E-state index in [0.29, 0.717) is 76.6 Å². The maximum Gasteiger partial charge on any atom is 0.255 e. The van der Waals surface area contributed by atoms with Gasteiger partial charge in [-0.25, -0.2) is 4.39 Å². The number of allylic oxidation sites excluding steroid dienone is 1. The highest BCUT2D eigenvalue weighted by Gasteiger charge is 2.34. The molecule has 0 spiro atoms. The Bertz CT molecular complexity index is 1380. The van der Waals surface area contributed by atoms with Gasteiger partial charge in [0.2, 0.25) is 0 Å². The molecule has 1 aromatic carbocycles. The van der Waals surface area contributed by atoms with Crippen LogP contribution in [-0.4, -0.2) is 64.4 Å². The summed E-state index contributed by atoms with van der Waals surface area (Å²) in [4.78, 5) is 30.1. The maximum atomic E-state index is 13.6. The zero-order valence-corrected chi connectivity index (χ0v) is 19.9. The first-order chi connectivity index (χ1) is 17.3. The molecule has 2 fully saturated rings. The SMILES string of the molecule is Cc1oc2cc(O/C(=C/C=N)c3[nH]cc(C(=O)N4CC(O)C4)c3C)ccc2c1C(=O)NC1CCC1F. The van der Waals surface area contributed by atoms with Crippen LogP contribution in [0.3, 0.4) is 0 Å². The van der Waals surface area contributed by atoms with Gasteiger partial charge in [0.05, 0.1) is 29.0 Å². The Morgan fingerprint density at radius 1 is 1.31 bits per heavy atom. The van der Waals surface area contributed by atoms with E-state index < -0.39 is 18.3 Å². The number of hydrogen-bond acceptors (Lipinski definition) is 6. The average Bonchev–Trinajstić information content (AvgIpc) is 3.37. The van der Waals surface area contributed by atoms with Crippen molar-refractivity contribution in [1.82, 2.24) is 15.2 Å². The number of hydrogen-bond donors (Lipinski definition) is 4. The molecule has 9 nitrogen and oxygen atoms in total. The fourth-order valence-electron chi connectivity index (χ4n) is 4.54. The lowest BCUT2D eigenvalue weighted by Gasteiger charge is -2.35. The number of likely N-dealkylation sites (tertiary alicyclic amines) is 1. The monoisotopic (exact) mass is 494 g/mol. The molecular weight excluding hydrogens is 467 g/mol. The van der Waals surface area contributed by atoms with E-state index in [1.54, 1.807) is 43.1 Å². The molecule has 3 aromatic rings. The largest absolute Gasteiger partial charge is 0.460 e. The minimum atomic E-state index is -1.02. The lowest BCUT2D eigenvalue weighted by atomic mass is 9.90. The highest BCUT2D eigenvalue weighted by molar-refractivity contribution is 6.07. The molecule has 4 N–H and O–H groups in total. The van der Waals surface area contributed by atoms with Gasteiger partial charge in [-0.2, -0.15) is 0 Å². The standard InChI is InChI=1S/C26H27FN4O5/c1-13-18(26(34)31-11-15(32)12-31)10-29-24(13)21(7-8-28)36-16-3-4-17-22(9-16)35-14(2)23(17)25(33)30-20-6-5-19(20)27/h3-4,7-10,15,19-20,28-29,32H,5-6,11-12H2,1-2H3,(H,30,33)/b21-7+,28-8?. The van der Waals surface area contributed by atoms with E-state index in [1.807, 2.05) is 0 Å². The van der Waals surface area contributed by atoms with Crippen LogP contribution in [0, 0.1) is 19.3 Å². The summed E-state index contributed by atoms with van der Waals surface area (Å²) >= 11 is 0. The van der Waals surface area contributed by atoms with Gasteiger partial charge in [-0.3, -0.25) is 9.59 Å². The van der Waals surface area contributed by atoms with Gasteiger partial charge in [-0.15, -0.1) is 0 Å². The number of H-pyrrole nitrogens is 1. The fraction of sp³-hybridized carbons (Fsp3) is 0.346. The van der Waals surface area contributed by atoms with E-state index in [0.717, 1.165) is 6.21 Å². The molecule has 188 valence electrons. The summed E-state index contributed by atoms with van der Waals surface area (Å²) in [5, 5.41) is 20.4. The average molecular weight is 495 g/mol. The van der Waals surface area contributed by atoms with Gasteiger partial charge >= 0.3 is 0 Å². The van der Waals surface area contributed by atoms with Crippen molar-refractivity contribution in [2.75, 3.05) is 13.1 Å². The summed E-state index contributed by atoms with van der Waals surface area (Å²) in [6.07, 6.45) is 3.70. The highest BCUT2D eigenvalue weighted by atomic mass is 19.1. The smallest absolute Gasteiger partial charge is 0.255 e. The van der Waals surface area contributed by atoms with Gasteiger partial charge in [0, 0.05) is 43.0 Å². The van der Waals surface area contributed by atoms with Crippen LogP contribution in [0.4, 0.5) is 4.39 Å². The van der Waals surface area contributed by atoms with Crippen LogP contribution in [-0.2, 0) is 0 Å². The summed E-state index contributed by atoms with van der Waals surface area (Å²) in [6.45, 7) is 4.07. The Hall–Kier alpha value is -3.92. The number of carbonyl (C=O) groups excluding carboxylic acids is 2. The number of fused-ring (bicyclic) bond motifs is 1. The van der Waals surface area contributed by atoms with Crippen molar-refractivity contribution in [3.8, 4) is 5.75 Å². The third-order valence-corrected chi connectivity index (χ3v) is 6.80. The van der Waals surface area contributed by atoms with Crippen LogP contribution >= 0.6 is 0 Å². The number of β-amino-alcohol motifs (C(OH)–C–C–N with tert-alkyl or cyclic N) is 1. The second-order valence-electron chi connectivity index (χ2n) is 9.23. The first-order valence-corrected chi connectivity index (χ1v) is 11.8. The van der Waals surface area contributed by atoms with Crippen molar-refractivity contribution in [2.45, 2.75) is 45.0 Å². The minimum absolute atomic E-state index is 0.186. The van der Waals surface area contributed by atoms with E-state index in [1.165, 1.54) is 6.08 Å². The van der Waals surface area contributed by atoms with E-state index in [9.17, 15) is 19.1 Å². The molecular formula is C26H27FN4O5. The first-order valence-electron chi connectivity index (χ1n) is 11.8. The molecule has 5 rings (SSSR count). The number of benzene rings is 1. The van der Waals surface area contributed by atoms with E-state index in [4.69, 9.17) is 14.6 Å². The van der Waals surface area contributed by atoms with E-state index >= 15 is 0 Å². The number of nitrogens with zero attached hydrogens (tertiary/aromatic N) is 1. The first kappa shape index (κ1) is 23.8. The summed E-state index contributed by atoms with van der Waals surface area (Å²) in [6, 6.07) is 4.56. The molecule has 36 heavy (non-hydrogen) atoms. The Balaban J connectivity index is 1.38. The zero-order valence-electron chi connectivity index (χ0n) is 19.9. The number of aromatic amines is 1. The third kappa shape index (κ3) is 4.17. The zero-order chi connectivity index (χ0) is 25.6. The van der Waals surface area contributed by atoms with E-state index in [-0.39, 0.29) is 11.8 Å². The topological polar surface area (TPSA) is 132 Å². The number of halogens is 1. The molecule has 2 unspecified atom stereocenters. The number of alkyl halides is 1. The minimum Gasteiger partial charge on any atom is -0.460 e. The summed E-state index contributed by atoms with van der Waals surface area (Å²) < 4.78 is 25.5. The molecule has 1 aliphatic heterocycles. The molecule has 2 aliphatic rings. The number of aromatic nitrogens is 1. The van der Waals surface area contributed by atoms with Gasteiger partial charge < -0.3 is 34.9 Å². The van der Waals surface area contributed by atoms with E-state index in [2.05, 4.69) is 10.3 Å². The Morgan fingerprint density at radius 3 is 2.72 bits per heavy atom. The fourth-order valence-corrected chi connectivity index (χ4v) is 4.54. The Kier molecular flexibility index (Phi) is 6.13. The number of aryl methyl sites for hydroxylation is 1. The van der Waals surface area contributed by atoms with Gasteiger partial charge in [0.15, 0.2) is 5.76 Å². The molecule has 0 radical (unpaired) electrons. The number of furan rings is 1. The van der Waals surface area contributed by atoms with Crippen molar-refractivity contribution in [3.63, 3.8) is 0 Å². The van der Waals surface area contributed by atoms with Gasteiger partial charge in [0.1, 0.15) is 23.3 Å². The molecule has 1 aliphatic carbocycles. The van der Waals surface area contributed by atoms with Crippen LogP contribution in [0.1, 0.15) is 50.6 Å². The lowest BCUT2D eigenvalue weighted by molar-refractivity contribution is 0.00585. The van der Waals surface area contributed by atoms with Crippen LogP contribution in [0.25, 0.3) is 16.7 Å². The molecule has 0 bridgehead atoms. The van der Waals surface area contributed by atoms with Crippen molar-refractivity contribution in [3.05, 3.63) is 58.6 Å². The summed E-state index contributed by atoms with van der Waals surface area (Å²) in [7, 11) is 0. The predicted octanol–water partition coefficient (Wildman–Crippen LogP) is 3.49. The van der Waals surface area contributed by atoms with Crippen LogP contribution < -0.4 is 10.1 Å². The molecule has 2 amide bonds. The molecule has 3 heterocycles. The number of rotatable bonds is 7. The molecule has 10 heteroatoms. The summed E-state index contributed by atoms with van der Waals surface area (Å²) in [5.74, 6) is 0.597. The van der Waals surface area contributed by atoms with Gasteiger partial charge in [-0.05, 0) is 44.4 Å². The molecule has 1 saturated heterocycles. The van der Waals surface area contributed by atoms with Crippen molar-refractivity contribution >= 4 is 34.8 Å². The molecule has 2 atom stereocenters. The van der Waals surface area contributed by atoms with Gasteiger partial charge in [-0.1, -0.05) is 0 Å². The third-order valence-electron chi connectivity index (χ3n) is 6.80. The number of carbonyl (C=O) groups is 2. The van der Waals surface area contributed by atoms with Crippen molar-refractivity contribution in [1.29, 1.82) is 5.41 Å². The number of aliphatic hydroxyl groups excluding tert-OH is 1. The quantitative estimate of drug-likeness (QED) is 0.295. The van der Waals surface area contributed by atoms with Crippen LogP contribution in [0.2, 0.25) is 0 Å². The normalized spacial score (nSPS) is 20.1. The number of nitrogens with one attached hydrogen (secondary N) is 3. The maximum absolute atomic E-state index is 13.6. The molecule has 2 aromatic heterocycles. The van der Waals surface area contributed by atoms with Crippen LogP contribution in [0.5, 0.6) is 5.75 Å². The molecule has 1 saturated carbocycles. The lowest BCUT2D eigenvalue weighted by Crippen LogP contribution is -2.53. The summed E-state index contributed by atoms with van der Waals surface area (Å²) in [5.41, 5.74) is 2.47. The highest BCUT2D eigenvalue weighted by Crippen LogP contribution is 2.32. The van der Waals surface area contributed by atoms with Crippen molar-refractivity contribution < 1.29 is 28.2 Å². The second kappa shape index (κ2) is 9.27. The number of aliphatic hydroxyl groups is 1. The number of amides is 2. The van der Waals surface area contributed by atoms with Crippen molar-refractivity contribution in [2.24, 2.45) is 0 Å². The number of ether oxygens (including phenoxy) is 1. The van der Waals surface area contributed by atoms with Crippen LogP contribution in [0.15, 0.2) is 34.9 Å².